The zero-order valence-electron chi connectivity index (χ0n) is 14.0. The Labute approximate surface area is 148 Å². The number of carbonyl (C=O) groups is 2. The lowest BCUT2D eigenvalue weighted by Gasteiger charge is -2.21. The third-order valence-electron chi connectivity index (χ3n) is 5.13. The Morgan fingerprint density at radius 1 is 1.12 bits per heavy atom. The van der Waals surface area contributed by atoms with Gasteiger partial charge >= 0.3 is 0 Å². The van der Waals surface area contributed by atoms with Crippen molar-refractivity contribution in [3.05, 3.63) is 29.3 Å². The van der Waals surface area contributed by atoms with Crippen LogP contribution in [0.25, 0.3) is 0 Å². The SMILES string of the molecule is O=C(CC1CCCCC1)NC[C@H]1CC(=O)N(c2ccc(Cl)cc2)C1. The first-order valence-electron chi connectivity index (χ1n) is 8.94. The van der Waals surface area contributed by atoms with Gasteiger partial charge in [-0.15, -0.1) is 0 Å². The van der Waals surface area contributed by atoms with E-state index in [9.17, 15) is 9.59 Å². The molecule has 2 aliphatic rings. The van der Waals surface area contributed by atoms with Crippen molar-refractivity contribution >= 4 is 29.1 Å². The van der Waals surface area contributed by atoms with Gasteiger partial charge in [-0.05, 0) is 43.0 Å². The molecule has 4 nitrogen and oxygen atoms in total. The summed E-state index contributed by atoms with van der Waals surface area (Å²) < 4.78 is 0. The zero-order chi connectivity index (χ0) is 16.9. The van der Waals surface area contributed by atoms with Crippen molar-refractivity contribution in [3.63, 3.8) is 0 Å². The summed E-state index contributed by atoms with van der Waals surface area (Å²) in [7, 11) is 0. The number of carbonyl (C=O) groups excluding carboxylic acids is 2. The van der Waals surface area contributed by atoms with Gasteiger partial charge in [0.05, 0.1) is 0 Å². The van der Waals surface area contributed by atoms with Crippen LogP contribution in [0.4, 0.5) is 5.69 Å². The molecule has 1 aliphatic carbocycles. The van der Waals surface area contributed by atoms with Crippen LogP contribution < -0.4 is 10.2 Å². The van der Waals surface area contributed by atoms with Crippen LogP contribution in [0.5, 0.6) is 0 Å². The van der Waals surface area contributed by atoms with E-state index in [0.717, 1.165) is 5.69 Å². The first-order valence-corrected chi connectivity index (χ1v) is 9.32. The molecule has 0 spiro atoms. The van der Waals surface area contributed by atoms with Crippen LogP contribution in [0.15, 0.2) is 24.3 Å². The van der Waals surface area contributed by atoms with Crippen molar-refractivity contribution in [1.29, 1.82) is 0 Å². The molecule has 0 unspecified atom stereocenters. The summed E-state index contributed by atoms with van der Waals surface area (Å²) in [5, 5.41) is 3.70. The van der Waals surface area contributed by atoms with E-state index in [-0.39, 0.29) is 17.7 Å². The van der Waals surface area contributed by atoms with Crippen LogP contribution in [-0.4, -0.2) is 24.9 Å². The number of nitrogens with one attached hydrogen (secondary N) is 1. The summed E-state index contributed by atoms with van der Waals surface area (Å²) in [6.07, 6.45) is 7.31. The third kappa shape index (κ3) is 4.50. The van der Waals surface area contributed by atoms with Crippen molar-refractivity contribution in [2.75, 3.05) is 18.0 Å². The molecule has 1 atom stereocenters. The molecule has 0 radical (unpaired) electrons. The second-order valence-electron chi connectivity index (χ2n) is 7.06. The molecule has 1 aromatic rings. The largest absolute Gasteiger partial charge is 0.356 e. The fourth-order valence-corrected chi connectivity index (χ4v) is 3.90. The van der Waals surface area contributed by atoms with Gasteiger partial charge in [-0.1, -0.05) is 30.9 Å². The highest BCUT2D eigenvalue weighted by atomic mass is 35.5. The molecule has 130 valence electrons. The fourth-order valence-electron chi connectivity index (χ4n) is 3.77. The minimum Gasteiger partial charge on any atom is -0.356 e. The molecular weight excluding hydrogens is 324 g/mol. The monoisotopic (exact) mass is 348 g/mol. The van der Waals surface area contributed by atoms with Gasteiger partial charge in [0.15, 0.2) is 0 Å². The maximum atomic E-state index is 12.2. The predicted octanol–water partition coefficient (Wildman–Crippen LogP) is 3.78. The van der Waals surface area contributed by atoms with Gasteiger partial charge in [-0.25, -0.2) is 0 Å². The van der Waals surface area contributed by atoms with Gasteiger partial charge in [-0.3, -0.25) is 9.59 Å². The highest BCUT2D eigenvalue weighted by molar-refractivity contribution is 6.30. The van der Waals surface area contributed by atoms with Crippen molar-refractivity contribution < 1.29 is 9.59 Å². The summed E-state index contributed by atoms with van der Waals surface area (Å²) in [6, 6.07) is 7.32. The smallest absolute Gasteiger partial charge is 0.227 e. The number of hydrogen-bond acceptors (Lipinski definition) is 2. The van der Waals surface area contributed by atoms with Crippen LogP contribution in [-0.2, 0) is 9.59 Å². The van der Waals surface area contributed by atoms with E-state index >= 15 is 0 Å². The second-order valence-corrected chi connectivity index (χ2v) is 7.50. The van der Waals surface area contributed by atoms with E-state index in [4.69, 9.17) is 11.6 Å². The predicted molar refractivity (Wildman–Crippen MR) is 96.1 cm³/mol. The van der Waals surface area contributed by atoms with Gasteiger partial charge in [0.1, 0.15) is 0 Å². The van der Waals surface area contributed by atoms with E-state index in [1.165, 1.54) is 32.1 Å². The van der Waals surface area contributed by atoms with Gasteiger partial charge in [0.2, 0.25) is 11.8 Å². The molecule has 3 rings (SSSR count). The standard InChI is InChI=1S/C19H25ClN2O2/c20-16-6-8-17(9-7-16)22-13-15(11-19(22)24)12-21-18(23)10-14-4-2-1-3-5-14/h6-9,14-15H,1-5,10-13H2,(H,21,23)/t15-/m1/s1. The van der Waals surface area contributed by atoms with E-state index < -0.39 is 0 Å². The van der Waals surface area contributed by atoms with E-state index in [0.29, 0.717) is 36.9 Å². The maximum Gasteiger partial charge on any atom is 0.227 e. The molecule has 1 aliphatic heterocycles. The lowest BCUT2D eigenvalue weighted by atomic mass is 9.87. The van der Waals surface area contributed by atoms with Crippen LogP contribution >= 0.6 is 11.6 Å². The van der Waals surface area contributed by atoms with Crippen LogP contribution in [0.1, 0.15) is 44.9 Å². The molecule has 0 aromatic heterocycles. The molecule has 5 heteroatoms. The lowest BCUT2D eigenvalue weighted by Crippen LogP contribution is -2.32. The highest BCUT2D eigenvalue weighted by Crippen LogP contribution is 2.27. The summed E-state index contributed by atoms with van der Waals surface area (Å²) in [5.74, 6) is 0.987. The number of amides is 2. The van der Waals surface area contributed by atoms with Crippen LogP contribution in [0, 0.1) is 11.8 Å². The summed E-state index contributed by atoms with van der Waals surface area (Å²) >= 11 is 5.90. The molecule has 24 heavy (non-hydrogen) atoms. The number of hydrogen-bond donors (Lipinski definition) is 1. The molecule has 2 amide bonds. The van der Waals surface area contributed by atoms with Crippen molar-refractivity contribution in [3.8, 4) is 0 Å². The fraction of sp³-hybridized carbons (Fsp3) is 0.579. The molecule has 1 heterocycles. The van der Waals surface area contributed by atoms with Gasteiger partial charge in [0, 0.05) is 42.6 Å². The molecule has 1 aromatic carbocycles. The zero-order valence-corrected chi connectivity index (χ0v) is 14.7. The number of rotatable bonds is 5. The Hall–Kier alpha value is -1.55. The first kappa shape index (κ1) is 17.3. The van der Waals surface area contributed by atoms with Crippen molar-refractivity contribution in [1.82, 2.24) is 5.32 Å². The van der Waals surface area contributed by atoms with Gasteiger partial charge in [0.25, 0.3) is 0 Å². The van der Waals surface area contributed by atoms with Crippen LogP contribution in [0.3, 0.4) is 0 Å². The quantitative estimate of drug-likeness (QED) is 0.880. The van der Waals surface area contributed by atoms with E-state index in [1.54, 1.807) is 17.0 Å². The Morgan fingerprint density at radius 2 is 1.83 bits per heavy atom. The topological polar surface area (TPSA) is 49.4 Å². The number of nitrogens with zero attached hydrogens (tertiary/aromatic N) is 1. The molecule has 1 saturated carbocycles. The molecular formula is C19H25ClN2O2. The van der Waals surface area contributed by atoms with Crippen molar-refractivity contribution in [2.45, 2.75) is 44.9 Å². The maximum absolute atomic E-state index is 12.2. The summed E-state index contributed by atoms with van der Waals surface area (Å²) in [6.45, 7) is 1.24. The molecule has 0 bridgehead atoms. The molecule has 1 saturated heterocycles. The third-order valence-corrected chi connectivity index (χ3v) is 5.38. The van der Waals surface area contributed by atoms with Crippen LogP contribution in [0.2, 0.25) is 5.02 Å². The van der Waals surface area contributed by atoms with E-state index in [2.05, 4.69) is 5.32 Å². The number of benzene rings is 1. The Kier molecular flexibility index (Phi) is 5.77. The first-order chi connectivity index (χ1) is 11.6. The Morgan fingerprint density at radius 3 is 2.54 bits per heavy atom. The minimum absolute atomic E-state index is 0.115. The van der Waals surface area contributed by atoms with E-state index in [1.807, 2.05) is 12.1 Å². The molecule has 1 N–H and O–H groups in total. The summed E-state index contributed by atoms with van der Waals surface area (Å²) in [4.78, 5) is 26.1. The minimum atomic E-state index is 0.115. The second kappa shape index (κ2) is 8.02. The molecule has 2 fully saturated rings. The van der Waals surface area contributed by atoms with Gasteiger partial charge < -0.3 is 10.2 Å². The number of anilines is 1. The normalized spacial score (nSPS) is 22.0. The Bertz CT molecular complexity index is 582. The summed E-state index contributed by atoms with van der Waals surface area (Å²) in [5.41, 5.74) is 0.875. The average Bonchev–Trinajstić information content (AvgIpc) is 2.95. The van der Waals surface area contributed by atoms with Gasteiger partial charge in [-0.2, -0.15) is 0 Å². The number of halogens is 1. The van der Waals surface area contributed by atoms with Crippen molar-refractivity contribution in [2.24, 2.45) is 11.8 Å². The average molecular weight is 349 g/mol. The highest BCUT2D eigenvalue weighted by Gasteiger charge is 2.30. The Balaban J connectivity index is 1.45. The lowest BCUT2D eigenvalue weighted by molar-refractivity contribution is -0.122.